The van der Waals surface area contributed by atoms with Crippen molar-refractivity contribution in [2.24, 2.45) is 5.73 Å². The van der Waals surface area contributed by atoms with E-state index in [1.165, 1.54) is 42.5 Å². The van der Waals surface area contributed by atoms with E-state index in [0.717, 1.165) is 0 Å². The van der Waals surface area contributed by atoms with Gasteiger partial charge in [-0.05, 0) is 30.3 Å². The molecule has 0 heterocycles. The molecule has 2 aromatic rings. The molecule has 0 saturated heterocycles. The first-order chi connectivity index (χ1) is 9.95. The molecule has 21 heavy (non-hydrogen) atoms. The van der Waals surface area contributed by atoms with Gasteiger partial charge in [0.25, 0.3) is 5.69 Å². The van der Waals surface area contributed by atoms with Gasteiger partial charge in [0, 0.05) is 12.1 Å². The van der Waals surface area contributed by atoms with Crippen LogP contribution in [0.15, 0.2) is 42.5 Å². The van der Waals surface area contributed by atoms with Crippen molar-refractivity contribution in [1.82, 2.24) is 0 Å². The summed E-state index contributed by atoms with van der Waals surface area (Å²) in [5.41, 5.74) is 4.75. The Morgan fingerprint density at radius 3 is 2.29 bits per heavy atom. The number of ether oxygens (including phenoxy) is 2. The van der Waals surface area contributed by atoms with Gasteiger partial charge < -0.3 is 15.2 Å². The van der Waals surface area contributed by atoms with Crippen molar-refractivity contribution < 1.29 is 19.2 Å². The van der Waals surface area contributed by atoms with Crippen molar-refractivity contribution in [3.63, 3.8) is 0 Å². The van der Waals surface area contributed by atoms with E-state index in [1.807, 2.05) is 0 Å². The number of nitro groups is 1. The lowest BCUT2D eigenvalue weighted by atomic mass is 10.3. The third-order valence-electron chi connectivity index (χ3n) is 2.40. The van der Waals surface area contributed by atoms with E-state index in [2.05, 4.69) is 4.74 Å². The van der Waals surface area contributed by atoms with Crippen molar-refractivity contribution in [3.8, 4) is 17.2 Å². The van der Waals surface area contributed by atoms with E-state index >= 15 is 0 Å². The molecule has 7 nitrogen and oxygen atoms in total. The molecule has 8 heteroatoms. The lowest BCUT2D eigenvalue weighted by molar-refractivity contribution is -0.384. The monoisotopic (exact) mass is 308 g/mol. The highest BCUT2D eigenvalue weighted by Gasteiger charge is 2.11. The van der Waals surface area contributed by atoms with Crippen LogP contribution < -0.4 is 15.2 Å². The van der Waals surface area contributed by atoms with E-state index in [4.69, 9.17) is 22.1 Å². The summed E-state index contributed by atoms with van der Waals surface area (Å²) in [7, 11) is 0. The second kappa shape index (κ2) is 6.10. The number of amides is 1. The highest BCUT2D eigenvalue weighted by Crippen LogP contribution is 2.32. The second-order valence-corrected chi connectivity index (χ2v) is 4.27. The molecule has 0 aromatic heterocycles. The first kappa shape index (κ1) is 14.6. The van der Waals surface area contributed by atoms with Crippen LogP contribution in [-0.2, 0) is 0 Å². The molecule has 2 aromatic carbocycles. The molecule has 108 valence electrons. The van der Waals surface area contributed by atoms with E-state index in [1.54, 1.807) is 0 Å². The number of benzene rings is 2. The van der Waals surface area contributed by atoms with Crippen molar-refractivity contribution in [2.45, 2.75) is 0 Å². The predicted molar refractivity (Wildman–Crippen MR) is 74.8 cm³/mol. The fraction of sp³-hybridized carbons (Fsp3) is 0. The van der Waals surface area contributed by atoms with Gasteiger partial charge in [-0.25, -0.2) is 4.79 Å². The Labute approximate surface area is 124 Å². The molecular weight excluding hydrogens is 300 g/mol. The van der Waals surface area contributed by atoms with E-state index < -0.39 is 11.0 Å². The van der Waals surface area contributed by atoms with Crippen LogP contribution >= 0.6 is 11.6 Å². The van der Waals surface area contributed by atoms with Gasteiger partial charge in [-0.2, -0.15) is 0 Å². The summed E-state index contributed by atoms with van der Waals surface area (Å²) >= 11 is 5.91. The largest absolute Gasteiger partial charge is 0.456 e. The second-order valence-electron chi connectivity index (χ2n) is 3.87. The number of hydrogen-bond acceptors (Lipinski definition) is 5. The van der Waals surface area contributed by atoms with Gasteiger partial charge in [-0.15, -0.1) is 0 Å². The average Bonchev–Trinajstić information content (AvgIpc) is 2.42. The van der Waals surface area contributed by atoms with Gasteiger partial charge in [0.15, 0.2) is 0 Å². The molecule has 0 bridgehead atoms. The number of non-ortho nitro benzene ring substituents is 1. The highest BCUT2D eigenvalue weighted by molar-refractivity contribution is 6.32. The third kappa shape index (κ3) is 3.83. The molecule has 0 unspecified atom stereocenters. The van der Waals surface area contributed by atoms with Gasteiger partial charge in [0.05, 0.1) is 9.95 Å². The zero-order valence-electron chi connectivity index (χ0n) is 10.5. The highest BCUT2D eigenvalue weighted by atomic mass is 35.5. The maximum Gasteiger partial charge on any atom is 0.409 e. The first-order valence-electron chi connectivity index (χ1n) is 5.65. The zero-order valence-corrected chi connectivity index (χ0v) is 11.2. The number of nitrogens with two attached hydrogens (primary N) is 1. The molecule has 0 atom stereocenters. The summed E-state index contributed by atoms with van der Waals surface area (Å²) < 4.78 is 10.1. The molecule has 0 aliphatic rings. The number of carbonyl (C=O) groups is 1. The van der Waals surface area contributed by atoms with Crippen LogP contribution in [0.3, 0.4) is 0 Å². The lowest BCUT2D eigenvalue weighted by Crippen LogP contribution is -2.16. The molecule has 0 aliphatic carbocycles. The number of nitro benzene ring substituents is 1. The summed E-state index contributed by atoms with van der Waals surface area (Å²) in [5.74, 6) is 0.957. The summed E-state index contributed by atoms with van der Waals surface area (Å²) in [4.78, 5) is 20.6. The van der Waals surface area contributed by atoms with Gasteiger partial charge in [0.1, 0.15) is 17.2 Å². The smallest absolute Gasteiger partial charge is 0.409 e. The molecular formula is C13H9ClN2O5. The number of carbonyl (C=O) groups excluding carboxylic acids is 1. The van der Waals surface area contributed by atoms with Gasteiger partial charge in [-0.3, -0.25) is 10.1 Å². The van der Waals surface area contributed by atoms with E-state index in [9.17, 15) is 14.9 Å². The van der Waals surface area contributed by atoms with Crippen LogP contribution in [-0.4, -0.2) is 11.0 Å². The number of halogens is 1. The van der Waals surface area contributed by atoms with Crippen LogP contribution in [0.2, 0.25) is 5.02 Å². The Morgan fingerprint density at radius 2 is 1.76 bits per heavy atom. The first-order valence-corrected chi connectivity index (χ1v) is 6.02. The van der Waals surface area contributed by atoms with Gasteiger partial charge in [0.2, 0.25) is 0 Å². The summed E-state index contributed by atoms with van der Waals surface area (Å²) in [5, 5.41) is 10.7. The van der Waals surface area contributed by atoms with Gasteiger partial charge >= 0.3 is 6.09 Å². The van der Waals surface area contributed by atoms with Gasteiger partial charge in [-0.1, -0.05) is 11.6 Å². The van der Waals surface area contributed by atoms with Crippen LogP contribution in [0.5, 0.6) is 17.2 Å². The Hall–Kier alpha value is -2.80. The minimum Gasteiger partial charge on any atom is -0.456 e. The Kier molecular flexibility index (Phi) is 4.24. The quantitative estimate of drug-likeness (QED) is 0.687. The van der Waals surface area contributed by atoms with E-state index in [0.29, 0.717) is 5.75 Å². The molecule has 2 rings (SSSR count). The predicted octanol–water partition coefficient (Wildman–Crippen LogP) is 3.50. The molecule has 2 N–H and O–H groups in total. The molecule has 0 saturated carbocycles. The number of nitrogens with zero attached hydrogens (tertiary/aromatic N) is 1. The SMILES string of the molecule is NC(=O)Oc1ccc(Oc2ccc([N+](=O)[O-])cc2Cl)cc1. The molecule has 0 fully saturated rings. The molecule has 0 aliphatic heterocycles. The molecule has 1 amide bonds. The third-order valence-corrected chi connectivity index (χ3v) is 2.69. The lowest BCUT2D eigenvalue weighted by Gasteiger charge is -2.08. The number of hydrogen-bond donors (Lipinski definition) is 1. The summed E-state index contributed by atoms with van der Waals surface area (Å²) in [6.45, 7) is 0. The van der Waals surface area contributed by atoms with Crippen LogP contribution in [0, 0.1) is 10.1 Å². The fourth-order valence-corrected chi connectivity index (χ4v) is 1.72. The maximum atomic E-state index is 10.6. The fourth-order valence-electron chi connectivity index (χ4n) is 1.50. The van der Waals surface area contributed by atoms with Crippen molar-refractivity contribution in [1.29, 1.82) is 0 Å². The normalized spacial score (nSPS) is 9.95. The van der Waals surface area contributed by atoms with Crippen molar-refractivity contribution in [3.05, 3.63) is 57.6 Å². The van der Waals surface area contributed by atoms with Crippen LogP contribution in [0.1, 0.15) is 0 Å². The Bertz CT molecular complexity index is 687. The maximum absolute atomic E-state index is 10.6. The van der Waals surface area contributed by atoms with Crippen LogP contribution in [0.4, 0.5) is 10.5 Å². The van der Waals surface area contributed by atoms with Crippen molar-refractivity contribution >= 4 is 23.4 Å². The number of primary amides is 1. The van der Waals surface area contributed by atoms with Crippen LogP contribution in [0.25, 0.3) is 0 Å². The zero-order chi connectivity index (χ0) is 15.4. The topological polar surface area (TPSA) is 105 Å². The summed E-state index contributed by atoms with van der Waals surface area (Å²) in [6, 6.07) is 9.92. The minimum atomic E-state index is -0.915. The summed E-state index contributed by atoms with van der Waals surface area (Å²) in [6.07, 6.45) is -0.915. The minimum absolute atomic E-state index is 0.113. The standard InChI is InChI=1S/C13H9ClN2O5/c14-11-7-8(16(18)19)1-6-12(11)20-9-2-4-10(5-3-9)21-13(15)17/h1-7H,(H2,15,17). The molecule has 0 spiro atoms. The van der Waals surface area contributed by atoms with E-state index in [-0.39, 0.29) is 22.2 Å². The Balaban J connectivity index is 2.14. The Morgan fingerprint density at radius 1 is 1.14 bits per heavy atom. The average molecular weight is 309 g/mol. The number of rotatable bonds is 4. The molecule has 0 radical (unpaired) electrons. The van der Waals surface area contributed by atoms with Crippen molar-refractivity contribution in [2.75, 3.05) is 0 Å².